The molecule has 1 aromatic rings. The Hall–Kier alpha value is -2.02. The van der Waals surface area contributed by atoms with Crippen LogP contribution in [0.1, 0.15) is 19.8 Å². The Balaban J connectivity index is 1.79. The van der Waals surface area contributed by atoms with Gasteiger partial charge in [-0.15, -0.1) is 0 Å². The van der Waals surface area contributed by atoms with E-state index in [1.807, 2.05) is 6.92 Å². The molecule has 0 aromatic heterocycles. The molecule has 0 saturated heterocycles. The maximum Gasteiger partial charge on any atom is 0.309 e. The summed E-state index contributed by atoms with van der Waals surface area (Å²) in [5.74, 6) is 0.605. The first-order chi connectivity index (χ1) is 8.72. The molecule has 1 aliphatic carbocycles. The van der Waals surface area contributed by atoms with Gasteiger partial charge in [-0.05, 0) is 31.9 Å². The van der Waals surface area contributed by atoms with Crippen molar-refractivity contribution in [3.8, 4) is 5.75 Å². The van der Waals surface area contributed by atoms with E-state index in [0.717, 1.165) is 5.75 Å². The highest BCUT2D eigenvalue weighted by molar-refractivity contribution is 5.73. The lowest BCUT2D eigenvalue weighted by Gasteiger charge is -2.33. The zero-order valence-corrected chi connectivity index (χ0v) is 10.3. The predicted molar refractivity (Wildman–Crippen MR) is 66.5 cm³/mol. The molecule has 0 heterocycles. The van der Waals surface area contributed by atoms with Crippen LogP contribution in [0.25, 0.3) is 4.85 Å². The minimum Gasteiger partial charge on any atom is -0.490 e. The van der Waals surface area contributed by atoms with Crippen molar-refractivity contribution in [2.24, 2.45) is 5.92 Å². The molecule has 0 N–H and O–H groups in total. The van der Waals surface area contributed by atoms with Gasteiger partial charge in [0.1, 0.15) is 11.9 Å². The molecule has 4 nitrogen and oxygen atoms in total. The Morgan fingerprint density at radius 2 is 2.06 bits per heavy atom. The van der Waals surface area contributed by atoms with Crippen molar-refractivity contribution in [2.45, 2.75) is 25.9 Å². The Labute approximate surface area is 106 Å². The summed E-state index contributed by atoms with van der Waals surface area (Å²) in [5.41, 5.74) is 0.598. The van der Waals surface area contributed by atoms with Crippen LogP contribution in [0.15, 0.2) is 24.3 Å². The van der Waals surface area contributed by atoms with Crippen molar-refractivity contribution in [2.75, 3.05) is 6.61 Å². The van der Waals surface area contributed by atoms with Crippen LogP contribution >= 0.6 is 0 Å². The summed E-state index contributed by atoms with van der Waals surface area (Å²) < 4.78 is 10.6. The number of carbonyl (C=O) groups excluding carboxylic acids is 1. The van der Waals surface area contributed by atoms with Crippen LogP contribution in [0.3, 0.4) is 0 Å². The SMILES string of the molecule is [C-]#[N+]c1ccc(OC2CC(C(=O)OCC)C2)cc1. The van der Waals surface area contributed by atoms with Gasteiger partial charge in [-0.2, -0.15) is 0 Å². The summed E-state index contributed by atoms with van der Waals surface area (Å²) in [7, 11) is 0. The van der Waals surface area contributed by atoms with Crippen molar-refractivity contribution in [3.63, 3.8) is 0 Å². The molecule has 0 spiro atoms. The first kappa shape index (κ1) is 12.4. The fraction of sp³-hybridized carbons (Fsp3) is 0.429. The van der Waals surface area contributed by atoms with E-state index in [4.69, 9.17) is 16.0 Å². The number of hydrogen-bond acceptors (Lipinski definition) is 3. The molecular formula is C14H15NO3. The van der Waals surface area contributed by atoms with Crippen LogP contribution < -0.4 is 4.74 Å². The van der Waals surface area contributed by atoms with Crippen LogP contribution in [0.4, 0.5) is 5.69 Å². The quantitative estimate of drug-likeness (QED) is 0.604. The molecule has 0 unspecified atom stereocenters. The maximum atomic E-state index is 11.4. The third-order valence-electron chi connectivity index (χ3n) is 2.98. The molecule has 1 fully saturated rings. The van der Waals surface area contributed by atoms with Crippen LogP contribution in [-0.4, -0.2) is 18.7 Å². The number of carbonyl (C=O) groups is 1. The van der Waals surface area contributed by atoms with Crippen LogP contribution in [-0.2, 0) is 9.53 Å². The lowest BCUT2D eigenvalue weighted by atomic mass is 9.82. The molecule has 0 bridgehead atoms. The minimum atomic E-state index is -0.124. The first-order valence-electron chi connectivity index (χ1n) is 6.03. The minimum absolute atomic E-state index is 0.0162. The van der Waals surface area contributed by atoms with Gasteiger partial charge in [0, 0.05) is 0 Å². The van der Waals surface area contributed by atoms with E-state index < -0.39 is 0 Å². The van der Waals surface area contributed by atoms with E-state index in [9.17, 15) is 4.79 Å². The number of ether oxygens (including phenoxy) is 2. The zero-order chi connectivity index (χ0) is 13.0. The Morgan fingerprint density at radius 1 is 1.39 bits per heavy atom. The van der Waals surface area contributed by atoms with Crippen molar-refractivity contribution < 1.29 is 14.3 Å². The Morgan fingerprint density at radius 3 is 2.61 bits per heavy atom. The average Bonchev–Trinajstić information content (AvgIpc) is 2.34. The molecule has 2 rings (SSSR count). The van der Waals surface area contributed by atoms with Crippen molar-refractivity contribution in [1.29, 1.82) is 0 Å². The zero-order valence-electron chi connectivity index (χ0n) is 10.3. The van der Waals surface area contributed by atoms with E-state index in [1.54, 1.807) is 24.3 Å². The van der Waals surface area contributed by atoms with Gasteiger partial charge >= 0.3 is 5.97 Å². The van der Waals surface area contributed by atoms with E-state index in [-0.39, 0.29) is 18.0 Å². The molecule has 0 amide bonds. The highest BCUT2D eigenvalue weighted by Gasteiger charge is 2.37. The Kier molecular flexibility index (Phi) is 3.83. The summed E-state index contributed by atoms with van der Waals surface area (Å²) in [5, 5.41) is 0. The largest absolute Gasteiger partial charge is 0.490 e. The third-order valence-corrected chi connectivity index (χ3v) is 2.98. The van der Waals surface area contributed by atoms with Gasteiger partial charge < -0.3 is 9.47 Å². The summed E-state index contributed by atoms with van der Waals surface area (Å²) in [4.78, 5) is 14.7. The normalized spacial score (nSPS) is 21.6. The van der Waals surface area contributed by atoms with Gasteiger partial charge in [0.05, 0.1) is 19.1 Å². The molecule has 4 heteroatoms. The number of nitrogens with zero attached hydrogens (tertiary/aromatic N) is 1. The summed E-state index contributed by atoms with van der Waals surface area (Å²) in [6.07, 6.45) is 1.51. The molecule has 1 aromatic carbocycles. The molecule has 0 radical (unpaired) electrons. The second-order valence-corrected chi connectivity index (χ2v) is 4.27. The van der Waals surface area contributed by atoms with Gasteiger partial charge in [0.15, 0.2) is 5.69 Å². The molecule has 1 aliphatic rings. The summed E-state index contributed by atoms with van der Waals surface area (Å²) >= 11 is 0. The highest BCUT2D eigenvalue weighted by atomic mass is 16.5. The van der Waals surface area contributed by atoms with Crippen LogP contribution in [0, 0.1) is 12.5 Å². The first-order valence-corrected chi connectivity index (χ1v) is 6.03. The number of esters is 1. The Bertz CT molecular complexity index is 455. The summed E-state index contributed by atoms with van der Waals surface area (Å²) in [6, 6.07) is 7.02. The van der Waals surface area contributed by atoms with Gasteiger partial charge in [0.2, 0.25) is 0 Å². The topological polar surface area (TPSA) is 39.9 Å². The highest BCUT2D eigenvalue weighted by Crippen LogP contribution is 2.32. The van der Waals surface area contributed by atoms with Gasteiger partial charge in [0.25, 0.3) is 0 Å². The monoisotopic (exact) mass is 245 g/mol. The van der Waals surface area contributed by atoms with Crippen molar-refractivity contribution >= 4 is 11.7 Å². The third kappa shape index (κ3) is 2.80. The smallest absolute Gasteiger partial charge is 0.309 e. The standard InChI is InChI=1S/C14H15NO3/c1-3-17-14(16)10-8-13(9-10)18-12-6-4-11(15-2)5-7-12/h4-7,10,13H,3,8-9H2,1H3. The maximum absolute atomic E-state index is 11.4. The summed E-state index contributed by atoms with van der Waals surface area (Å²) in [6.45, 7) is 9.09. The number of hydrogen-bond donors (Lipinski definition) is 0. The predicted octanol–water partition coefficient (Wildman–Crippen LogP) is 2.96. The van der Waals surface area contributed by atoms with Crippen LogP contribution in [0.5, 0.6) is 5.75 Å². The lowest BCUT2D eigenvalue weighted by molar-refractivity contribution is -0.154. The molecular weight excluding hydrogens is 230 g/mol. The molecule has 94 valence electrons. The average molecular weight is 245 g/mol. The van der Waals surface area contributed by atoms with E-state index in [2.05, 4.69) is 4.85 Å². The second kappa shape index (κ2) is 5.54. The second-order valence-electron chi connectivity index (χ2n) is 4.27. The molecule has 18 heavy (non-hydrogen) atoms. The molecule has 1 saturated carbocycles. The molecule has 0 atom stereocenters. The van der Waals surface area contributed by atoms with Crippen molar-refractivity contribution in [3.05, 3.63) is 35.7 Å². The number of benzene rings is 1. The number of rotatable bonds is 4. The fourth-order valence-electron chi connectivity index (χ4n) is 1.91. The van der Waals surface area contributed by atoms with Crippen molar-refractivity contribution in [1.82, 2.24) is 0 Å². The van der Waals surface area contributed by atoms with E-state index in [0.29, 0.717) is 25.1 Å². The van der Waals surface area contributed by atoms with Gasteiger partial charge in [-0.3, -0.25) is 4.79 Å². The van der Waals surface area contributed by atoms with Gasteiger partial charge in [-0.25, -0.2) is 4.85 Å². The van der Waals surface area contributed by atoms with Gasteiger partial charge in [-0.1, -0.05) is 12.1 Å². The van der Waals surface area contributed by atoms with E-state index in [1.165, 1.54) is 0 Å². The van der Waals surface area contributed by atoms with E-state index >= 15 is 0 Å². The molecule has 0 aliphatic heterocycles. The van der Waals surface area contributed by atoms with Crippen LogP contribution in [0.2, 0.25) is 0 Å². The lowest BCUT2D eigenvalue weighted by Crippen LogP contribution is -2.39. The fourth-order valence-corrected chi connectivity index (χ4v) is 1.91.